The molecule has 0 N–H and O–H groups in total. The minimum absolute atomic E-state index is 0.227. The first-order chi connectivity index (χ1) is 5.79. The lowest BCUT2D eigenvalue weighted by Gasteiger charge is -1.99. The van der Waals surface area contributed by atoms with Crippen molar-refractivity contribution in [1.82, 2.24) is 4.98 Å². The molecule has 0 bridgehead atoms. The third-order valence-corrected chi connectivity index (χ3v) is 2.32. The Balaban J connectivity index is 2.91. The van der Waals surface area contributed by atoms with E-state index < -0.39 is 0 Å². The minimum Gasteiger partial charge on any atom is -0.264 e. The summed E-state index contributed by atoms with van der Waals surface area (Å²) in [6.07, 6.45) is 3.22. The van der Waals surface area contributed by atoms with E-state index in [1.165, 1.54) is 0 Å². The summed E-state index contributed by atoms with van der Waals surface area (Å²) in [7, 11) is 0. The van der Waals surface area contributed by atoms with Crippen molar-refractivity contribution in [2.24, 2.45) is 0 Å². The highest BCUT2D eigenvalue weighted by Gasteiger charge is 2.03. The summed E-state index contributed by atoms with van der Waals surface area (Å²) >= 11 is 3.12. The molecule has 0 fully saturated rings. The molecule has 0 spiro atoms. The minimum atomic E-state index is -0.227. The summed E-state index contributed by atoms with van der Waals surface area (Å²) in [6, 6.07) is 5.17. The van der Waals surface area contributed by atoms with Gasteiger partial charge in [0.05, 0.1) is 4.47 Å². The molecule has 0 aliphatic heterocycles. The van der Waals surface area contributed by atoms with Crippen LogP contribution in [0.4, 0.5) is 4.39 Å². The van der Waals surface area contributed by atoms with Gasteiger partial charge in [0.2, 0.25) is 0 Å². The second kappa shape index (κ2) is 2.83. The van der Waals surface area contributed by atoms with Gasteiger partial charge in [-0.25, -0.2) is 4.39 Å². The van der Waals surface area contributed by atoms with Crippen molar-refractivity contribution in [3.05, 3.63) is 40.9 Å². The Bertz CT molecular complexity index is 428. The summed E-state index contributed by atoms with van der Waals surface area (Å²) in [4.78, 5) is 3.90. The van der Waals surface area contributed by atoms with Gasteiger partial charge >= 0.3 is 0 Å². The highest BCUT2D eigenvalue weighted by Crippen LogP contribution is 2.23. The molecule has 0 unspecified atom stereocenters. The second-order valence-electron chi connectivity index (χ2n) is 2.46. The van der Waals surface area contributed by atoms with Crippen LogP contribution in [-0.2, 0) is 0 Å². The highest BCUT2D eigenvalue weighted by molar-refractivity contribution is 9.10. The summed E-state index contributed by atoms with van der Waals surface area (Å²) in [5, 5.41) is 1.41. The predicted molar refractivity (Wildman–Crippen MR) is 49.4 cm³/mol. The van der Waals surface area contributed by atoms with Crippen LogP contribution < -0.4 is 0 Å². The topological polar surface area (TPSA) is 12.9 Å². The Kier molecular flexibility index (Phi) is 1.81. The van der Waals surface area contributed by atoms with Gasteiger partial charge in [0.15, 0.2) is 0 Å². The molecule has 2 aromatic rings. The SMILES string of the molecule is Fc1c(Br)ccc2cnccc12. The van der Waals surface area contributed by atoms with E-state index in [2.05, 4.69) is 20.9 Å². The van der Waals surface area contributed by atoms with Crippen LogP contribution in [-0.4, -0.2) is 4.98 Å². The number of benzene rings is 1. The van der Waals surface area contributed by atoms with Gasteiger partial charge < -0.3 is 0 Å². The van der Waals surface area contributed by atoms with Gasteiger partial charge in [-0.2, -0.15) is 0 Å². The Morgan fingerprint density at radius 2 is 2.08 bits per heavy atom. The normalized spacial score (nSPS) is 10.5. The van der Waals surface area contributed by atoms with Crippen molar-refractivity contribution in [3.63, 3.8) is 0 Å². The Hall–Kier alpha value is -0.960. The Labute approximate surface area is 77.4 Å². The smallest absolute Gasteiger partial charge is 0.145 e. The number of hydrogen-bond acceptors (Lipinski definition) is 1. The second-order valence-corrected chi connectivity index (χ2v) is 3.31. The molecule has 1 aromatic carbocycles. The van der Waals surface area contributed by atoms with Crippen LogP contribution in [0.5, 0.6) is 0 Å². The van der Waals surface area contributed by atoms with Crippen LogP contribution in [0.2, 0.25) is 0 Å². The number of hydrogen-bond donors (Lipinski definition) is 0. The first-order valence-electron chi connectivity index (χ1n) is 3.47. The van der Waals surface area contributed by atoms with Crippen LogP contribution in [0.3, 0.4) is 0 Å². The number of halogens is 2. The van der Waals surface area contributed by atoms with E-state index in [9.17, 15) is 4.39 Å². The molecular weight excluding hydrogens is 221 g/mol. The van der Waals surface area contributed by atoms with Crippen LogP contribution in [0.25, 0.3) is 10.8 Å². The molecule has 1 aromatic heterocycles. The summed E-state index contributed by atoms with van der Waals surface area (Å²) in [5.41, 5.74) is 0. The lowest BCUT2D eigenvalue weighted by Crippen LogP contribution is -1.81. The molecule has 12 heavy (non-hydrogen) atoms. The molecule has 3 heteroatoms. The zero-order chi connectivity index (χ0) is 8.55. The average molecular weight is 226 g/mol. The lowest BCUT2D eigenvalue weighted by molar-refractivity contribution is 0.633. The predicted octanol–water partition coefficient (Wildman–Crippen LogP) is 3.14. The first kappa shape index (κ1) is 7.68. The van der Waals surface area contributed by atoms with Crippen molar-refractivity contribution in [2.45, 2.75) is 0 Å². The third-order valence-electron chi connectivity index (χ3n) is 1.71. The van der Waals surface area contributed by atoms with Gasteiger partial charge in [-0.1, -0.05) is 6.07 Å². The number of fused-ring (bicyclic) bond motifs is 1. The van der Waals surface area contributed by atoms with Crippen LogP contribution >= 0.6 is 15.9 Å². The third kappa shape index (κ3) is 1.10. The molecule has 0 amide bonds. The van der Waals surface area contributed by atoms with E-state index in [-0.39, 0.29) is 5.82 Å². The van der Waals surface area contributed by atoms with Crippen LogP contribution in [0.15, 0.2) is 35.1 Å². The van der Waals surface area contributed by atoms with E-state index in [0.717, 1.165) is 5.39 Å². The van der Waals surface area contributed by atoms with Gasteiger partial charge in [-0.05, 0) is 28.1 Å². The van der Waals surface area contributed by atoms with Crippen molar-refractivity contribution < 1.29 is 4.39 Å². The van der Waals surface area contributed by atoms with E-state index in [0.29, 0.717) is 9.86 Å². The fraction of sp³-hybridized carbons (Fsp3) is 0. The highest BCUT2D eigenvalue weighted by atomic mass is 79.9. The summed E-state index contributed by atoms with van der Waals surface area (Å²) < 4.78 is 13.8. The fourth-order valence-electron chi connectivity index (χ4n) is 1.10. The van der Waals surface area contributed by atoms with Gasteiger partial charge in [0.25, 0.3) is 0 Å². The standard InChI is InChI=1S/C9H5BrFN/c10-8-2-1-6-5-12-4-3-7(6)9(8)11/h1-5H. The monoisotopic (exact) mass is 225 g/mol. The van der Waals surface area contributed by atoms with Crippen molar-refractivity contribution >= 4 is 26.7 Å². The largest absolute Gasteiger partial charge is 0.264 e. The summed E-state index contributed by atoms with van der Waals surface area (Å²) in [5.74, 6) is -0.227. The molecule has 60 valence electrons. The first-order valence-corrected chi connectivity index (χ1v) is 4.26. The van der Waals surface area contributed by atoms with Crippen molar-refractivity contribution in [3.8, 4) is 0 Å². The molecule has 1 nitrogen and oxygen atoms in total. The molecule has 0 aliphatic rings. The van der Waals surface area contributed by atoms with Gasteiger partial charge in [-0.15, -0.1) is 0 Å². The lowest BCUT2D eigenvalue weighted by atomic mass is 10.2. The molecule has 2 rings (SSSR count). The number of aromatic nitrogens is 1. The van der Waals surface area contributed by atoms with Crippen molar-refractivity contribution in [1.29, 1.82) is 0 Å². The zero-order valence-corrected chi connectivity index (χ0v) is 7.68. The molecule has 0 saturated carbocycles. The van der Waals surface area contributed by atoms with E-state index >= 15 is 0 Å². The van der Waals surface area contributed by atoms with Crippen LogP contribution in [0.1, 0.15) is 0 Å². The molecule has 1 heterocycles. The number of pyridine rings is 1. The maximum Gasteiger partial charge on any atom is 0.145 e. The number of nitrogens with zero attached hydrogens (tertiary/aromatic N) is 1. The quantitative estimate of drug-likeness (QED) is 0.672. The van der Waals surface area contributed by atoms with E-state index in [4.69, 9.17) is 0 Å². The maximum absolute atomic E-state index is 13.3. The summed E-state index contributed by atoms with van der Waals surface area (Å²) in [6.45, 7) is 0. The van der Waals surface area contributed by atoms with Gasteiger partial charge in [0.1, 0.15) is 5.82 Å². The molecule has 0 saturated heterocycles. The van der Waals surface area contributed by atoms with Gasteiger partial charge in [-0.3, -0.25) is 4.98 Å². The molecule has 0 aliphatic carbocycles. The molecular formula is C9H5BrFN. The van der Waals surface area contributed by atoms with Crippen molar-refractivity contribution in [2.75, 3.05) is 0 Å². The Morgan fingerprint density at radius 3 is 2.92 bits per heavy atom. The number of rotatable bonds is 0. The van der Waals surface area contributed by atoms with Crippen LogP contribution in [0, 0.1) is 5.82 Å². The van der Waals surface area contributed by atoms with E-state index in [1.54, 1.807) is 24.5 Å². The molecule has 0 radical (unpaired) electrons. The zero-order valence-electron chi connectivity index (χ0n) is 6.09. The Morgan fingerprint density at radius 1 is 1.25 bits per heavy atom. The molecule has 0 atom stereocenters. The fourth-order valence-corrected chi connectivity index (χ4v) is 1.45. The average Bonchev–Trinajstić information content (AvgIpc) is 2.12. The maximum atomic E-state index is 13.3. The van der Waals surface area contributed by atoms with E-state index in [1.807, 2.05) is 6.07 Å². The van der Waals surface area contributed by atoms with Gasteiger partial charge in [0, 0.05) is 23.2 Å².